The maximum absolute atomic E-state index is 13.4. The fourth-order valence-corrected chi connectivity index (χ4v) is 3.03. The predicted molar refractivity (Wildman–Crippen MR) is 75.8 cm³/mol. The maximum Gasteiger partial charge on any atom is 0.304 e. The first-order valence-corrected chi connectivity index (χ1v) is 7.64. The Morgan fingerprint density at radius 2 is 2.00 bits per heavy atom. The van der Waals surface area contributed by atoms with Crippen LogP contribution >= 0.6 is 15.9 Å². The second kappa shape index (κ2) is 5.74. The van der Waals surface area contributed by atoms with Gasteiger partial charge >= 0.3 is 5.69 Å². The van der Waals surface area contributed by atoms with Crippen molar-refractivity contribution < 1.29 is 17.7 Å². The van der Waals surface area contributed by atoms with E-state index in [0.29, 0.717) is 4.47 Å². The third-order valence-electron chi connectivity index (χ3n) is 2.39. The number of hydrogen-bond acceptors (Lipinski definition) is 5. The molecule has 110 valence electrons. The molecule has 0 atom stereocenters. The summed E-state index contributed by atoms with van der Waals surface area (Å²) in [6.45, 7) is 0. The molecule has 0 aliphatic rings. The molecule has 10 heteroatoms. The summed E-state index contributed by atoms with van der Waals surface area (Å²) in [6.07, 6.45) is 2.53. The van der Waals surface area contributed by atoms with Crippen LogP contribution in [-0.2, 0) is 10.0 Å². The molecule has 1 N–H and O–H groups in total. The smallest absolute Gasteiger partial charge is 0.279 e. The van der Waals surface area contributed by atoms with Crippen molar-refractivity contribution >= 4 is 37.3 Å². The van der Waals surface area contributed by atoms with E-state index in [2.05, 4.69) is 25.6 Å². The fourth-order valence-electron chi connectivity index (χ4n) is 1.47. The van der Waals surface area contributed by atoms with Gasteiger partial charge in [-0.05, 0) is 28.1 Å². The second-order valence-corrected chi connectivity index (χ2v) is 6.47. The molecule has 0 aliphatic carbocycles. The Morgan fingerprint density at radius 1 is 1.29 bits per heavy atom. The number of pyridine rings is 1. The topological polar surface area (TPSA) is 102 Å². The molecule has 0 radical (unpaired) electrons. The lowest BCUT2D eigenvalue weighted by Crippen LogP contribution is -2.13. The minimum atomic E-state index is -3.96. The van der Waals surface area contributed by atoms with Crippen molar-refractivity contribution in [1.29, 1.82) is 0 Å². The number of nitro groups is 1. The Hall–Kier alpha value is -2.07. The Balaban J connectivity index is 2.33. The molecule has 0 unspecified atom stereocenters. The molecule has 21 heavy (non-hydrogen) atoms. The number of nitro benzene ring substituents is 1. The van der Waals surface area contributed by atoms with Gasteiger partial charge in [0.15, 0.2) is 0 Å². The molecule has 0 bridgehead atoms. The maximum atomic E-state index is 13.4. The van der Waals surface area contributed by atoms with E-state index in [1.54, 1.807) is 0 Å². The van der Waals surface area contributed by atoms with Crippen LogP contribution in [0.3, 0.4) is 0 Å². The van der Waals surface area contributed by atoms with Crippen molar-refractivity contribution in [2.75, 3.05) is 4.72 Å². The van der Waals surface area contributed by atoms with Crippen LogP contribution < -0.4 is 4.72 Å². The van der Waals surface area contributed by atoms with Gasteiger partial charge in [0.05, 0.1) is 10.6 Å². The number of aromatic nitrogens is 1. The highest BCUT2D eigenvalue weighted by Gasteiger charge is 2.18. The first-order chi connectivity index (χ1) is 9.79. The number of hydrogen-bond donors (Lipinski definition) is 1. The number of benzene rings is 1. The molecule has 7 nitrogen and oxygen atoms in total. The molecule has 2 aromatic rings. The summed E-state index contributed by atoms with van der Waals surface area (Å²) in [5.41, 5.74) is -0.861. The van der Waals surface area contributed by atoms with Gasteiger partial charge in [-0.2, -0.15) is 4.39 Å². The minimum absolute atomic E-state index is 0.127. The summed E-state index contributed by atoms with van der Waals surface area (Å²) >= 11 is 3.09. The van der Waals surface area contributed by atoms with Gasteiger partial charge in [-0.1, -0.05) is 0 Å². The quantitative estimate of drug-likeness (QED) is 0.653. The van der Waals surface area contributed by atoms with Gasteiger partial charge in [0.1, 0.15) is 4.90 Å². The van der Waals surface area contributed by atoms with E-state index in [-0.39, 0.29) is 10.6 Å². The zero-order valence-electron chi connectivity index (χ0n) is 10.2. The molecule has 2 rings (SSSR count). The average molecular weight is 376 g/mol. The van der Waals surface area contributed by atoms with Gasteiger partial charge in [-0.25, -0.2) is 8.42 Å². The first kappa shape index (κ1) is 15.3. The number of nitrogens with one attached hydrogen (secondary N) is 1. The second-order valence-electron chi connectivity index (χ2n) is 3.87. The van der Waals surface area contributed by atoms with Crippen molar-refractivity contribution in [3.8, 4) is 0 Å². The number of sulfonamides is 1. The monoisotopic (exact) mass is 375 g/mol. The molecular weight excluding hydrogens is 369 g/mol. The van der Waals surface area contributed by atoms with Crippen molar-refractivity contribution in [1.82, 2.24) is 4.98 Å². The Kier molecular flexibility index (Phi) is 4.19. The largest absolute Gasteiger partial charge is 0.304 e. The number of halogens is 2. The van der Waals surface area contributed by atoms with Crippen LogP contribution in [0.25, 0.3) is 0 Å². The van der Waals surface area contributed by atoms with Gasteiger partial charge in [0.25, 0.3) is 10.0 Å². The molecule has 0 fully saturated rings. The van der Waals surface area contributed by atoms with Gasteiger partial charge in [-0.15, -0.1) is 0 Å². The number of rotatable bonds is 4. The minimum Gasteiger partial charge on any atom is -0.279 e. The molecular formula is C11H7BrFN3O4S. The fraction of sp³-hybridized carbons (Fsp3) is 0. The molecule has 1 aromatic carbocycles. The van der Waals surface area contributed by atoms with Crippen molar-refractivity contribution in [3.63, 3.8) is 0 Å². The van der Waals surface area contributed by atoms with Crippen molar-refractivity contribution in [2.45, 2.75) is 4.90 Å². The van der Waals surface area contributed by atoms with Crippen molar-refractivity contribution in [3.05, 3.63) is 57.1 Å². The van der Waals surface area contributed by atoms with Gasteiger partial charge in [0, 0.05) is 29.0 Å². The van der Waals surface area contributed by atoms with Gasteiger partial charge in [0.2, 0.25) is 5.82 Å². The highest BCUT2D eigenvalue weighted by molar-refractivity contribution is 9.10. The lowest BCUT2D eigenvalue weighted by molar-refractivity contribution is -0.387. The number of nitrogens with zero attached hydrogens (tertiary/aromatic N) is 2. The molecule has 0 aliphatic heterocycles. The summed E-state index contributed by atoms with van der Waals surface area (Å²) in [7, 11) is -3.96. The molecule has 1 heterocycles. The van der Waals surface area contributed by atoms with E-state index in [9.17, 15) is 22.9 Å². The van der Waals surface area contributed by atoms with Gasteiger partial charge < -0.3 is 0 Å². The molecule has 0 spiro atoms. The van der Waals surface area contributed by atoms with Crippen molar-refractivity contribution in [2.24, 2.45) is 0 Å². The van der Waals surface area contributed by atoms with Crippen LogP contribution in [0.1, 0.15) is 0 Å². The average Bonchev–Trinajstić information content (AvgIpc) is 2.37. The molecule has 1 aromatic heterocycles. The number of anilines is 1. The highest BCUT2D eigenvalue weighted by atomic mass is 79.9. The van der Waals surface area contributed by atoms with Crippen LogP contribution in [0.4, 0.5) is 15.8 Å². The van der Waals surface area contributed by atoms with Crippen LogP contribution in [-0.4, -0.2) is 18.3 Å². The van der Waals surface area contributed by atoms with E-state index >= 15 is 0 Å². The van der Waals surface area contributed by atoms with E-state index in [1.165, 1.54) is 12.3 Å². The van der Waals surface area contributed by atoms with E-state index in [4.69, 9.17) is 0 Å². The summed E-state index contributed by atoms with van der Waals surface area (Å²) in [6, 6.07) is 4.04. The lowest BCUT2D eigenvalue weighted by Gasteiger charge is -2.08. The third kappa shape index (κ3) is 3.52. The zero-order valence-corrected chi connectivity index (χ0v) is 12.6. The predicted octanol–water partition coefficient (Wildman–Crippen LogP) is 2.69. The SMILES string of the molecule is O=[N+]([O-])c1ccc(NS(=O)(=O)c2cncc(Br)c2)cc1F. The Labute approximate surface area is 127 Å². The standard InChI is InChI=1S/C11H7BrFN3O4S/c12-7-3-9(6-14-5-7)21(19,20)15-8-1-2-11(16(17)18)10(13)4-8/h1-6,15H. The van der Waals surface area contributed by atoms with E-state index in [0.717, 1.165) is 24.4 Å². The molecule has 0 saturated heterocycles. The van der Waals surface area contributed by atoms with Crippen LogP contribution in [0.2, 0.25) is 0 Å². The van der Waals surface area contributed by atoms with E-state index < -0.39 is 26.5 Å². The van der Waals surface area contributed by atoms with Gasteiger partial charge in [-0.3, -0.25) is 19.8 Å². The molecule has 0 amide bonds. The Morgan fingerprint density at radius 3 is 2.57 bits per heavy atom. The van der Waals surface area contributed by atoms with E-state index in [1.807, 2.05) is 0 Å². The normalized spacial score (nSPS) is 11.1. The Bertz CT molecular complexity index is 813. The third-order valence-corrected chi connectivity index (χ3v) is 4.17. The molecule has 0 saturated carbocycles. The van der Waals surface area contributed by atoms with Crippen LogP contribution in [0.15, 0.2) is 46.0 Å². The summed E-state index contributed by atoms with van der Waals surface area (Å²) in [5.74, 6) is -1.13. The lowest BCUT2D eigenvalue weighted by atomic mass is 10.3. The summed E-state index contributed by atoms with van der Waals surface area (Å²) < 4.78 is 40.1. The van der Waals surface area contributed by atoms with Crippen LogP contribution in [0.5, 0.6) is 0 Å². The first-order valence-electron chi connectivity index (χ1n) is 5.37. The van der Waals surface area contributed by atoms with Crippen LogP contribution in [0, 0.1) is 15.9 Å². The highest BCUT2D eigenvalue weighted by Crippen LogP contribution is 2.23. The summed E-state index contributed by atoms with van der Waals surface area (Å²) in [4.78, 5) is 13.2. The zero-order chi connectivity index (χ0) is 15.6. The summed E-state index contributed by atoms with van der Waals surface area (Å²) in [5, 5.41) is 10.5.